The molecule has 1 aromatic carbocycles. The van der Waals surface area contributed by atoms with Crippen LogP contribution in [0, 0.1) is 5.92 Å². The number of carbonyl (C=O) groups is 2. The number of urea groups is 1. The van der Waals surface area contributed by atoms with E-state index in [0.717, 1.165) is 0 Å². The molecule has 1 unspecified atom stereocenters. The number of esters is 1. The molecule has 0 saturated heterocycles. The van der Waals surface area contributed by atoms with Crippen LogP contribution in [0.2, 0.25) is 0 Å². The lowest BCUT2D eigenvalue weighted by atomic mass is 9.91. The Kier molecular flexibility index (Phi) is 7.36. The summed E-state index contributed by atoms with van der Waals surface area (Å²) in [5.74, 6) is 0.756. The molecule has 29 heavy (non-hydrogen) atoms. The summed E-state index contributed by atoms with van der Waals surface area (Å²) in [5, 5.41) is 5.57. The van der Waals surface area contributed by atoms with Crippen LogP contribution in [-0.2, 0) is 9.53 Å². The van der Waals surface area contributed by atoms with E-state index in [4.69, 9.17) is 18.9 Å². The first-order valence-electron chi connectivity index (χ1n) is 9.64. The van der Waals surface area contributed by atoms with Gasteiger partial charge in [-0.15, -0.1) is 0 Å². The van der Waals surface area contributed by atoms with E-state index in [2.05, 4.69) is 10.6 Å². The standard InChI is InChI=1S/C21H30N2O6/c1-8-28-19-14(26-6)9-13(10-15(19)27-7)18-16(20(24)29-12(4)5)17(11(2)3)22-21(25)23-18/h9-12,18H,8H2,1-7H3,(H2,22,23,25). The fourth-order valence-electron chi connectivity index (χ4n) is 3.15. The molecule has 8 heteroatoms. The van der Waals surface area contributed by atoms with Gasteiger partial charge in [0.2, 0.25) is 5.75 Å². The van der Waals surface area contributed by atoms with Gasteiger partial charge < -0.3 is 29.6 Å². The molecular weight excluding hydrogens is 376 g/mol. The van der Waals surface area contributed by atoms with Crippen LogP contribution >= 0.6 is 0 Å². The zero-order chi connectivity index (χ0) is 21.7. The summed E-state index contributed by atoms with van der Waals surface area (Å²) in [6, 6.07) is 2.33. The van der Waals surface area contributed by atoms with Crippen molar-refractivity contribution >= 4 is 12.0 Å². The highest BCUT2D eigenvalue weighted by Crippen LogP contribution is 2.42. The maximum atomic E-state index is 12.9. The second-order valence-corrected chi connectivity index (χ2v) is 7.16. The van der Waals surface area contributed by atoms with Gasteiger partial charge in [0.25, 0.3) is 0 Å². The van der Waals surface area contributed by atoms with Gasteiger partial charge in [0, 0.05) is 5.70 Å². The Morgan fingerprint density at radius 1 is 1.10 bits per heavy atom. The second-order valence-electron chi connectivity index (χ2n) is 7.16. The van der Waals surface area contributed by atoms with Gasteiger partial charge in [0.05, 0.1) is 38.5 Å². The predicted octanol–water partition coefficient (Wildman–Crippen LogP) is 3.32. The van der Waals surface area contributed by atoms with E-state index < -0.39 is 18.0 Å². The van der Waals surface area contributed by atoms with E-state index in [0.29, 0.717) is 40.7 Å². The fourth-order valence-corrected chi connectivity index (χ4v) is 3.15. The third kappa shape index (κ3) is 4.93. The van der Waals surface area contributed by atoms with Gasteiger partial charge in [-0.25, -0.2) is 9.59 Å². The molecule has 1 aromatic rings. The van der Waals surface area contributed by atoms with E-state index in [1.54, 1.807) is 26.0 Å². The highest BCUT2D eigenvalue weighted by atomic mass is 16.5. The van der Waals surface area contributed by atoms with Gasteiger partial charge in [-0.2, -0.15) is 0 Å². The number of carbonyl (C=O) groups excluding carboxylic acids is 2. The molecule has 2 amide bonds. The number of allylic oxidation sites excluding steroid dienone is 1. The Morgan fingerprint density at radius 3 is 2.14 bits per heavy atom. The molecule has 1 aliphatic heterocycles. The van der Waals surface area contributed by atoms with Crippen LogP contribution in [0.3, 0.4) is 0 Å². The van der Waals surface area contributed by atoms with E-state index in [-0.39, 0.29) is 12.0 Å². The molecule has 2 N–H and O–H groups in total. The first kappa shape index (κ1) is 22.4. The summed E-state index contributed by atoms with van der Waals surface area (Å²) in [6.45, 7) is 9.65. The van der Waals surface area contributed by atoms with Crippen molar-refractivity contribution < 1.29 is 28.5 Å². The van der Waals surface area contributed by atoms with Crippen LogP contribution < -0.4 is 24.8 Å². The second kappa shape index (κ2) is 9.54. The largest absolute Gasteiger partial charge is 0.493 e. The molecule has 1 aliphatic rings. The maximum Gasteiger partial charge on any atom is 0.338 e. The normalized spacial score (nSPS) is 16.4. The SMILES string of the molecule is CCOc1c(OC)cc(C2NC(=O)NC(C(C)C)=C2C(=O)OC(C)C)cc1OC. The molecular formula is C21H30N2O6. The highest BCUT2D eigenvalue weighted by molar-refractivity contribution is 5.95. The lowest BCUT2D eigenvalue weighted by Crippen LogP contribution is -2.47. The van der Waals surface area contributed by atoms with E-state index in [1.807, 2.05) is 20.8 Å². The summed E-state index contributed by atoms with van der Waals surface area (Å²) in [7, 11) is 3.04. The molecule has 2 rings (SSSR count). The van der Waals surface area contributed by atoms with Gasteiger partial charge in [-0.05, 0) is 44.4 Å². The van der Waals surface area contributed by atoms with Gasteiger partial charge >= 0.3 is 12.0 Å². The quantitative estimate of drug-likeness (QED) is 0.643. The van der Waals surface area contributed by atoms with Crippen molar-refractivity contribution in [2.45, 2.75) is 46.8 Å². The number of ether oxygens (including phenoxy) is 4. The van der Waals surface area contributed by atoms with Crippen LogP contribution in [0.5, 0.6) is 17.2 Å². The Bertz CT molecular complexity index is 775. The van der Waals surface area contributed by atoms with Crippen LogP contribution in [0.4, 0.5) is 4.79 Å². The molecule has 0 bridgehead atoms. The Morgan fingerprint density at radius 2 is 1.69 bits per heavy atom. The van der Waals surface area contributed by atoms with E-state index in [9.17, 15) is 9.59 Å². The third-order valence-corrected chi connectivity index (χ3v) is 4.35. The molecule has 0 aliphatic carbocycles. The van der Waals surface area contributed by atoms with Gasteiger partial charge in [0.15, 0.2) is 11.5 Å². The minimum atomic E-state index is -0.731. The number of amides is 2. The van der Waals surface area contributed by atoms with E-state index in [1.165, 1.54) is 14.2 Å². The number of rotatable bonds is 8. The first-order valence-corrected chi connectivity index (χ1v) is 9.64. The monoisotopic (exact) mass is 406 g/mol. The molecule has 0 aromatic heterocycles. The number of hydrogen-bond donors (Lipinski definition) is 2. The van der Waals surface area contributed by atoms with Crippen LogP contribution in [-0.4, -0.2) is 38.9 Å². The summed E-state index contributed by atoms with van der Waals surface area (Å²) in [5.41, 5.74) is 1.49. The summed E-state index contributed by atoms with van der Waals surface area (Å²) in [6.07, 6.45) is -0.300. The third-order valence-electron chi connectivity index (χ3n) is 4.35. The zero-order valence-electron chi connectivity index (χ0n) is 18.0. The van der Waals surface area contributed by atoms with Crippen molar-refractivity contribution in [3.8, 4) is 17.2 Å². The highest BCUT2D eigenvalue weighted by Gasteiger charge is 2.36. The predicted molar refractivity (Wildman–Crippen MR) is 108 cm³/mol. The zero-order valence-corrected chi connectivity index (χ0v) is 18.0. The van der Waals surface area contributed by atoms with Crippen LogP contribution in [0.1, 0.15) is 46.2 Å². The molecule has 0 saturated carbocycles. The minimum Gasteiger partial charge on any atom is -0.493 e. The molecule has 1 heterocycles. The van der Waals surface area contributed by atoms with Gasteiger partial charge in [-0.3, -0.25) is 0 Å². The Hall–Kier alpha value is -2.90. The molecule has 8 nitrogen and oxygen atoms in total. The minimum absolute atomic E-state index is 0.0928. The number of nitrogens with one attached hydrogen (secondary N) is 2. The van der Waals surface area contributed by atoms with Crippen molar-refractivity contribution in [2.75, 3.05) is 20.8 Å². The first-order chi connectivity index (χ1) is 13.7. The number of methoxy groups -OCH3 is 2. The molecule has 0 spiro atoms. The summed E-state index contributed by atoms with van der Waals surface area (Å²) in [4.78, 5) is 25.3. The van der Waals surface area contributed by atoms with Crippen molar-refractivity contribution in [3.63, 3.8) is 0 Å². The average molecular weight is 406 g/mol. The van der Waals surface area contributed by atoms with Crippen molar-refractivity contribution in [2.24, 2.45) is 5.92 Å². The molecule has 1 atom stereocenters. The Labute approximate surface area is 171 Å². The smallest absolute Gasteiger partial charge is 0.338 e. The van der Waals surface area contributed by atoms with Crippen molar-refractivity contribution in [1.82, 2.24) is 10.6 Å². The van der Waals surface area contributed by atoms with Crippen molar-refractivity contribution in [1.29, 1.82) is 0 Å². The number of hydrogen-bond acceptors (Lipinski definition) is 6. The Balaban J connectivity index is 2.66. The van der Waals surface area contributed by atoms with Crippen LogP contribution in [0.25, 0.3) is 0 Å². The molecule has 0 radical (unpaired) electrons. The fraction of sp³-hybridized carbons (Fsp3) is 0.524. The topological polar surface area (TPSA) is 95.1 Å². The number of benzene rings is 1. The van der Waals surface area contributed by atoms with Crippen molar-refractivity contribution in [3.05, 3.63) is 29.0 Å². The molecule has 0 fully saturated rings. The van der Waals surface area contributed by atoms with E-state index >= 15 is 0 Å². The molecule has 160 valence electrons. The lowest BCUT2D eigenvalue weighted by Gasteiger charge is -2.31. The van der Waals surface area contributed by atoms with Gasteiger partial charge in [0.1, 0.15) is 0 Å². The lowest BCUT2D eigenvalue weighted by molar-refractivity contribution is -0.143. The van der Waals surface area contributed by atoms with Crippen LogP contribution in [0.15, 0.2) is 23.4 Å². The van der Waals surface area contributed by atoms with Gasteiger partial charge in [-0.1, -0.05) is 13.8 Å². The average Bonchev–Trinajstić information content (AvgIpc) is 2.66. The maximum absolute atomic E-state index is 12.9. The summed E-state index contributed by atoms with van der Waals surface area (Å²) < 4.78 is 22.0. The summed E-state index contributed by atoms with van der Waals surface area (Å²) >= 11 is 0.